The van der Waals surface area contributed by atoms with E-state index in [0.29, 0.717) is 13.0 Å². The number of carboxylic acid groups (broad SMARTS) is 1. The van der Waals surface area contributed by atoms with Gasteiger partial charge in [0.25, 0.3) is 5.69 Å². The van der Waals surface area contributed by atoms with E-state index in [4.69, 9.17) is 0 Å². The van der Waals surface area contributed by atoms with Crippen LogP contribution in [0.15, 0.2) is 16.6 Å². The number of anilines is 1. The number of aliphatic carboxylic acids is 1. The van der Waals surface area contributed by atoms with Gasteiger partial charge in [-0.2, -0.15) is 0 Å². The number of nitrogens with zero attached hydrogens (tertiary/aromatic N) is 2. The molecule has 0 aliphatic carbocycles. The Labute approximate surface area is 128 Å². The zero-order valence-electron chi connectivity index (χ0n) is 11.3. The maximum Gasteiger partial charge on any atom is 0.326 e. The van der Waals surface area contributed by atoms with Crippen LogP contribution in [-0.2, 0) is 4.79 Å². The summed E-state index contributed by atoms with van der Waals surface area (Å²) in [7, 11) is 0. The summed E-state index contributed by atoms with van der Waals surface area (Å²) in [6.07, 6.45) is 1.14. The summed E-state index contributed by atoms with van der Waals surface area (Å²) in [4.78, 5) is 23.3. The average Bonchev–Trinajstić information content (AvgIpc) is 2.41. The molecule has 1 aliphatic heterocycles. The molecule has 2 unspecified atom stereocenters. The van der Waals surface area contributed by atoms with Crippen LogP contribution < -0.4 is 4.90 Å². The van der Waals surface area contributed by atoms with Gasteiger partial charge in [-0.15, -0.1) is 0 Å². The summed E-state index contributed by atoms with van der Waals surface area (Å²) >= 11 is 2.99. The first-order valence-corrected chi connectivity index (χ1v) is 7.23. The number of piperidine rings is 1. The van der Waals surface area contributed by atoms with Gasteiger partial charge < -0.3 is 10.0 Å². The Balaban J connectivity index is 2.50. The zero-order valence-corrected chi connectivity index (χ0v) is 12.8. The number of rotatable bonds is 3. The van der Waals surface area contributed by atoms with Gasteiger partial charge in [-0.3, -0.25) is 10.1 Å². The van der Waals surface area contributed by atoms with Gasteiger partial charge in [-0.25, -0.2) is 9.18 Å². The molecule has 1 N–H and O–H groups in total. The molecule has 1 aromatic carbocycles. The van der Waals surface area contributed by atoms with Gasteiger partial charge in [-0.05, 0) is 40.8 Å². The molecule has 0 bridgehead atoms. The fraction of sp³-hybridized carbons (Fsp3) is 0.462. The van der Waals surface area contributed by atoms with Gasteiger partial charge in [0, 0.05) is 6.54 Å². The number of nitro groups is 1. The molecule has 1 aromatic rings. The molecule has 1 fully saturated rings. The minimum atomic E-state index is -1.03. The van der Waals surface area contributed by atoms with Gasteiger partial charge in [0.15, 0.2) is 0 Å². The van der Waals surface area contributed by atoms with E-state index in [1.807, 2.05) is 6.92 Å². The smallest absolute Gasteiger partial charge is 0.326 e. The summed E-state index contributed by atoms with van der Waals surface area (Å²) in [6.45, 7) is 2.33. The monoisotopic (exact) mass is 360 g/mol. The van der Waals surface area contributed by atoms with Gasteiger partial charge >= 0.3 is 5.97 Å². The lowest BCUT2D eigenvalue weighted by atomic mass is 9.92. The minimum Gasteiger partial charge on any atom is -0.480 e. The van der Waals surface area contributed by atoms with Crippen molar-refractivity contribution in [3.05, 3.63) is 32.5 Å². The SMILES string of the molecule is CC1CCN(c2cc(Br)c(F)cc2[N+](=O)[O-])C(C(=O)O)C1. The third-order valence-corrected chi connectivity index (χ3v) is 4.28. The summed E-state index contributed by atoms with van der Waals surface area (Å²) in [5.41, 5.74) is -0.288. The fourth-order valence-corrected chi connectivity index (χ4v) is 2.90. The minimum absolute atomic E-state index is 0.0749. The number of nitro benzene ring substituents is 1. The van der Waals surface area contributed by atoms with Crippen LogP contribution in [0.1, 0.15) is 19.8 Å². The number of hydrogen-bond acceptors (Lipinski definition) is 4. The number of halogens is 2. The molecule has 114 valence electrons. The van der Waals surface area contributed by atoms with E-state index < -0.39 is 28.4 Å². The normalized spacial score (nSPS) is 22.1. The standard InChI is InChI=1S/C13H14BrFN2O4/c1-7-2-3-16(12(4-7)13(18)19)10-5-8(14)9(15)6-11(10)17(20)21/h5-7,12H,2-4H2,1H3,(H,18,19). The number of benzene rings is 1. The van der Waals surface area contributed by atoms with E-state index in [1.54, 1.807) is 0 Å². The highest BCUT2D eigenvalue weighted by Gasteiger charge is 2.35. The van der Waals surface area contributed by atoms with Crippen LogP contribution in [-0.4, -0.2) is 28.6 Å². The molecule has 1 aliphatic rings. The van der Waals surface area contributed by atoms with Crippen molar-refractivity contribution >= 4 is 33.3 Å². The Morgan fingerprint density at radius 2 is 2.24 bits per heavy atom. The van der Waals surface area contributed by atoms with Crippen LogP contribution in [0.3, 0.4) is 0 Å². The molecule has 8 heteroatoms. The second-order valence-electron chi connectivity index (χ2n) is 5.19. The van der Waals surface area contributed by atoms with Crippen molar-refractivity contribution in [2.75, 3.05) is 11.4 Å². The Kier molecular flexibility index (Phi) is 4.46. The Hall–Kier alpha value is -1.70. The van der Waals surface area contributed by atoms with E-state index in [1.165, 1.54) is 11.0 Å². The largest absolute Gasteiger partial charge is 0.480 e. The van der Waals surface area contributed by atoms with Crippen LogP contribution in [0.5, 0.6) is 0 Å². The molecule has 0 radical (unpaired) electrons. The fourth-order valence-electron chi connectivity index (χ4n) is 2.57. The van der Waals surface area contributed by atoms with Crippen molar-refractivity contribution in [2.24, 2.45) is 5.92 Å². The van der Waals surface area contributed by atoms with Crippen LogP contribution in [0, 0.1) is 21.8 Å². The van der Waals surface area contributed by atoms with Crippen LogP contribution in [0.25, 0.3) is 0 Å². The van der Waals surface area contributed by atoms with Crippen molar-refractivity contribution in [1.82, 2.24) is 0 Å². The highest BCUT2D eigenvalue weighted by molar-refractivity contribution is 9.10. The maximum absolute atomic E-state index is 13.5. The van der Waals surface area contributed by atoms with E-state index in [0.717, 1.165) is 12.5 Å². The van der Waals surface area contributed by atoms with Crippen molar-refractivity contribution in [3.63, 3.8) is 0 Å². The van der Waals surface area contributed by atoms with Gasteiger partial charge in [0.05, 0.1) is 15.5 Å². The molecule has 2 rings (SSSR count). The maximum atomic E-state index is 13.5. The zero-order chi connectivity index (χ0) is 15.7. The van der Waals surface area contributed by atoms with Crippen LogP contribution in [0.2, 0.25) is 0 Å². The molecular weight excluding hydrogens is 347 g/mol. The van der Waals surface area contributed by atoms with Gasteiger partial charge in [-0.1, -0.05) is 6.92 Å². The van der Waals surface area contributed by atoms with Crippen molar-refractivity contribution in [1.29, 1.82) is 0 Å². The lowest BCUT2D eigenvalue weighted by Crippen LogP contribution is -2.47. The van der Waals surface area contributed by atoms with E-state index in [9.17, 15) is 24.4 Å². The van der Waals surface area contributed by atoms with E-state index in [-0.39, 0.29) is 16.1 Å². The lowest BCUT2D eigenvalue weighted by molar-refractivity contribution is -0.384. The second-order valence-corrected chi connectivity index (χ2v) is 6.04. The van der Waals surface area contributed by atoms with Crippen molar-refractivity contribution in [2.45, 2.75) is 25.8 Å². The van der Waals surface area contributed by atoms with Gasteiger partial charge in [0.2, 0.25) is 0 Å². The lowest BCUT2D eigenvalue weighted by Gasteiger charge is -2.37. The summed E-state index contributed by atoms with van der Waals surface area (Å²) in [6, 6.07) is 1.25. The molecule has 0 saturated carbocycles. The third-order valence-electron chi connectivity index (χ3n) is 3.67. The highest BCUT2D eigenvalue weighted by Crippen LogP contribution is 2.37. The molecule has 0 amide bonds. The van der Waals surface area contributed by atoms with E-state index in [2.05, 4.69) is 15.9 Å². The predicted molar refractivity (Wildman–Crippen MR) is 77.9 cm³/mol. The number of carboxylic acids is 1. The molecule has 1 heterocycles. The van der Waals surface area contributed by atoms with Crippen molar-refractivity contribution in [3.8, 4) is 0 Å². The van der Waals surface area contributed by atoms with Crippen molar-refractivity contribution < 1.29 is 19.2 Å². The van der Waals surface area contributed by atoms with Crippen LogP contribution in [0.4, 0.5) is 15.8 Å². The topological polar surface area (TPSA) is 83.7 Å². The highest BCUT2D eigenvalue weighted by atomic mass is 79.9. The quantitative estimate of drug-likeness (QED) is 0.660. The Morgan fingerprint density at radius 1 is 1.57 bits per heavy atom. The molecule has 21 heavy (non-hydrogen) atoms. The van der Waals surface area contributed by atoms with E-state index >= 15 is 0 Å². The summed E-state index contributed by atoms with van der Waals surface area (Å²) in [5, 5.41) is 20.5. The Bertz CT molecular complexity index is 596. The third kappa shape index (κ3) is 3.15. The van der Waals surface area contributed by atoms with Crippen LogP contribution >= 0.6 is 15.9 Å². The Morgan fingerprint density at radius 3 is 2.81 bits per heavy atom. The molecule has 6 nitrogen and oxygen atoms in total. The molecule has 0 spiro atoms. The molecule has 2 atom stereocenters. The predicted octanol–water partition coefficient (Wildman–Crippen LogP) is 3.19. The molecule has 0 aromatic heterocycles. The first kappa shape index (κ1) is 15.7. The first-order chi connectivity index (χ1) is 9.81. The summed E-state index contributed by atoms with van der Waals surface area (Å²) < 4.78 is 13.6. The molecular formula is C13H14BrFN2O4. The second kappa shape index (κ2) is 5.97. The number of carbonyl (C=O) groups is 1. The first-order valence-electron chi connectivity index (χ1n) is 6.44. The number of hydrogen-bond donors (Lipinski definition) is 1. The average molecular weight is 361 g/mol. The molecule has 1 saturated heterocycles. The van der Waals surface area contributed by atoms with Gasteiger partial charge in [0.1, 0.15) is 17.5 Å². The summed E-state index contributed by atoms with van der Waals surface area (Å²) in [5.74, 6) is -1.55.